The molecule has 1 fully saturated rings. The Morgan fingerprint density at radius 1 is 1.28 bits per heavy atom. The van der Waals surface area contributed by atoms with E-state index >= 15 is 0 Å². The van der Waals surface area contributed by atoms with E-state index in [1.165, 1.54) is 21.3 Å². The van der Waals surface area contributed by atoms with Crippen molar-refractivity contribution in [3.63, 3.8) is 0 Å². The van der Waals surface area contributed by atoms with E-state index in [2.05, 4.69) is 36.9 Å². The van der Waals surface area contributed by atoms with Crippen molar-refractivity contribution in [2.24, 2.45) is 0 Å². The van der Waals surface area contributed by atoms with Crippen LogP contribution in [0.4, 0.5) is 5.69 Å². The van der Waals surface area contributed by atoms with Crippen molar-refractivity contribution in [2.45, 2.75) is 54.0 Å². The Morgan fingerprint density at radius 3 is 2.10 bits per heavy atom. The number of likely N-dealkylation sites (N-methyl/N-ethyl adjacent to an activating group) is 2. The number of pyridine rings is 1. The summed E-state index contributed by atoms with van der Waals surface area (Å²) >= 11 is 13.2. The minimum Gasteiger partial charge on any atom is -0.328 e. The summed E-state index contributed by atoms with van der Waals surface area (Å²) in [7, 11) is 5.12. The van der Waals surface area contributed by atoms with E-state index < -0.39 is 0 Å². The highest BCUT2D eigenvalue weighted by Gasteiger charge is 2.29. The third-order valence-electron chi connectivity index (χ3n) is 2.93. The first-order chi connectivity index (χ1) is 13.9. The average molecular weight is 582 g/mol. The van der Waals surface area contributed by atoms with E-state index in [4.69, 9.17) is 23.2 Å². The Balaban J connectivity index is -0.000000371. The van der Waals surface area contributed by atoms with E-state index in [0.29, 0.717) is 12.1 Å². The molecule has 1 atom stereocenters. The molecule has 0 saturated carbocycles. The highest BCUT2D eigenvalue weighted by atomic mass is 127. The zero-order valence-corrected chi connectivity index (χ0v) is 22.9. The third kappa shape index (κ3) is 15.2. The first kappa shape index (κ1) is 33.3. The Hall–Kier alpha value is -0.330. The molecule has 0 aromatic carbocycles. The predicted molar refractivity (Wildman–Crippen MR) is 137 cm³/mol. The van der Waals surface area contributed by atoms with Crippen molar-refractivity contribution in [3.8, 4) is 0 Å². The predicted octanol–water partition coefficient (Wildman–Crippen LogP) is 5.69. The van der Waals surface area contributed by atoms with Gasteiger partial charge in [0.15, 0.2) is 0 Å². The summed E-state index contributed by atoms with van der Waals surface area (Å²) in [5.74, 6) is 0.168. The molecule has 2 amide bonds. The number of anilines is 1. The number of nitrogens with one attached hydrogen (secondary N) is 2. The third-order valence-corrected chi connectivity index (χ3v) is 5.48. The highest BCUT2D eigenvalue weighted by molar-refractivity contribution is 14.2. The van der Waals surface area contributed by atoms with Gasteiger partial charge < -0.3 is 5.32 Å². The Morgan fingerprint density at radius 2 is 1.76 bits per heavy atom. The van der Waals surface area contributed by atoms with Crippen LogP contribution in [0.3, 0.4) is 0 Å². The maximum Gasteiger partial charge on any atom is 0.251 e. The van der Waals surface area contributed by atoms with Crippen molar-refractivity contribution in [1.29, 1.82) is 0 Å². The lowest BCUT2D eigenvalue weighted by Crippen LogP contribution is -2.42. The maximum absolute atomic E-state index is 11.6. The smallest absolute Gasteiger partial charge is 0.251 e. The van der Waals surface area contributed by atoms with Crippen LogP contribution in [0.5, 0.6) is 0 Å². The fraction of sp³-hybridized carbons (Fsp3) is 0.611. The number of carbonyl (C=O) groups excluding carboxylic acids is 2. The molecule has 1 unspecified atom stereocenters. The molecule has 1 aromatic heterocycles. The van der Waals surface area contributed by atoms with E-state index in [-0.39, 0.29) is 22.3 Å². The minimum absolute atomic E-state index is 0.0114. The van der Waals surface area contributed by atoms with Gasteiger partial charge in [0, 0.05) is 56.7 Å². The summed E-state index contributed by atoms with van der Waals surface area (Å²) < 4.78 is 1.66. The molecule has 0 aliphatic carbocycles. The van der Waals surface area contributed by atoms with Gasteiger partial charge in [-0.3, -0.25) is 19.3 Å². The molecule has 1 aromatic rings. The quantitative estimate of drug-likeness (QED) is 0.206. The van der Waals surface area contributed by atoms with Crippen LogP contribution in [-0.2, 0) is 9.59 Å². The summed E-state index contributed by atoms with van der Waals surface area (Å²) in [6, 6.07) is 3.01. The molecule has 2 N–H and O–H groups in total. The highest BCUT2D eigenvalue weighted by Crippen LogP contribution is 2.20. The molecule has 7 nitrogen and oxygen atoms in total. The number of amides is 2. The van der Waals surface area contributed by atoms with Gasteiger partial charge in [0.05, 0.1) is 0 Å². The van der Waals surface area contributed by atoms with Gasteiger partial charge in [0.1, 0.15) is 16.3 Å². The van der Waals surface area contributed by atoms with Gasteiger partial charge in [-0.25, -0.2) is 9.99 Å². The lowest BCUT2D eigenvalue weighted by Gasteiger charge is -2.21. The molecule has 29 heavy (non-hydrogen) atoms. The van der Waals surface area contributed by atoms with Gasteiger partial charge in [0.25, 0.3) is 5.91 Å². The van der Waals surface area contributed by atoms with E-state index in [1.54, 1.807) is 11.4 Å². The molecular formula is C18H34Cl2IN5O2S. The van der Waals surface area contributed by atoms with Crippen molar-refractivity contribution >= 4 is 71.5 Å². The Kier molecular flexibility index (Phi) is 25.7. The number of nitrogens with zero attached hydrogens (tertiary/aromatic N) is 3. The lowest BCUT2D eigenvalue weighted by atomic mass is 10.2. The van der Waals surface area contributed by atoms with Crippen LogP contribution in [0.25, 0.3) is 0 Å². The Bertz CT molecular complexity index is 539. The second-order valence-electron chi connectivity index (χ2n) is 4.49. The second kappa shape index (κ2) is 22.4. The molecule has 0 spiro atoms. The normalized spacial score (nSPS) is 14.2. The molecule has 1 saturated heterocycles. The summed E-state index contributed by atoms with van der Waals surface area (Å²) in [5.41, 5.74) is 3.64. The molecule has 11 heteroatoms. The Labute approximate surface area is 202 Å². The number of carbonyl (C=O) groups is 2. The summed E-state index contributed by atoms with van der Waals surface area (Å²) in [4.78, 5) is 25.3. The largest absolute Gasteiger partial charge is 0.328 e. The molecule has 2 heterocycles. The molecule has 1 aliphatic heterocycles. The van der Waals surface area contributed by atoms with Crippen LogP contribution in [0.1, 0.15) is 48.0 Å². The summed E-state index contributed by atoms with van der Waals surface area (Å²) in [5, 5.41) is 4.78. The van der Waals surface area contributed by atoms with Gasteiger partial charge in [-0.2, -0.15) is 0 Å². The minimum atomic E-state index is 0.0114. The molecular weight excluding hydrogens is 548 g/mol. The van der Waals surface area contributed by atoms with Gasteiger partial charge in [-0.05, 0) is 18.6 Å². The number of hydrazine groups is 1. The average Bonchev–Trinajstić information content (AvgIpc) is 3.17. The topological polar surface area (TPSA) is 77.6 Å². The second-order valence-corrected chi connectivity index (χ2v) is 7.13. The number of halogens is 3. The molecule has 0 radical (unpaired) electrons. The van der Waals surface area contributed by atoms with Crippen LogP contribution in [0, 0.1) is 0 Å². The standard InChI is InChI=1S/C6H4Cl2N2O.C6H12IN3OS.3C2H6/c7-5-1-4(9-3-11)2-6(8)10-5;1-9-5(3-4-8-9)6(11)10(2)12-7;3*1-2/h1-3H,(H,9,10,11);5,8H,3-4H2,1-2H3;3*1-2H3. The monoisotopic (exact) mass is 581 g/mol. The van der Waals surface area contributed by atoms with E-state index in [9.17, 15) is 9.59 Å². The van der Waals surface area contributed by atoms with Gasteiger partial charge in [0.2, 0.25) is 6.41 Å². The van der Waals surface area contributed by atoms with Crippen molar-refractivity contribution in [2.75, 3.05) is 26.0 Å². The van der Waals surface area contributed by atoms with Crippen molar-refractivity contribution in [1.82, 2.24) is 19.7 Å². The van der Waals surface area contributed by atoms with E-state index in [0.717, 1.165) is 13.0 Å². The summed E-state index contributed by atoms with van der Waals surface area (Å²) in [6.07, 6.45) is 1.44. The van der Waals surface area contributed by atoms with Crippen LogP contribution in [0.15, 0.2) is 12.1 Å². The maximum atomic E-state index is 11.6. The van der Waals surface area contributed by atoms with Gasteiger partial charge in [-0.1, -0.05) is 64.7 Å². The van der Waals surface area contributed by atoms with Crippen LogP contribution >= 0.6 is 53.5 Å². The molecule has 170 valence electrons. The van der Waals surface area contributed by atoms with Crippen LogP contribution in [0.2, 0.25) is 10.3 Å². The molecule has 1 aliphatic rings. The molecule has 2 rings (SSSR count). The van der Waals surface area contributed by atoms with Crippen LogP contribution < -0.4 is 10.7 Å². The number of hydrogen-bond donors (Lipinski definition) is 2. The first-order valence-corrected chi connectivity index (χ1v) is 13.5. The van der Waals surface area contributed by atoms with Gasteiger partial charge in [-0.15, -0.1) is 0 Å². The SMILES string of the molecule is CC.CC.CC.CN(SI)C(=O)C1CCNN1C.O=CNc1cc(Cl)nc(Cl)c1. The van der Waals surface area contributed by atoms with E-state index in [1.807, 2.05) is 53.6 Å². The fourth-order valence-corrected chi connectivity index (χ4v) is 3.06. The molecule has 0 bridgehead atoms. The van der Waals surface area contributed by atoms with Crippen molar-refractivity contribution in [3.05, 3.63) is 22.4 Å². The zero-order chi connectivity index (χ0) is 23.4. The zero-order valence-electron chi connectivity index (χ0n) is 18.4. The van der Waals surface area contributed by atoms with Crippen LogP contribution in [-0.4, -0.2) is 53.3 Å². The fourth-order valence-electron chi connectivity index (χ4n) is 1.83. The number of hydrogen-bond acceptors (Lipinski definition) is 6. The lowest BCUT2D eigenvalue weighted by molar-refractivity contribution is -0.129. The number of rotatable bonds is 4. The summed E-state index contributed by atoms with van der Waals surface area (Å²) in [6.45, 7) is 12.9. The van der Waals surface area contributed by atoms with Gasteiger partial charge >= 0.3 is 0 Å². The van der Waals surface area contributed by atoms with Crippen molar-refractivity contribution < 1.29 is 9.59 Å². The number of aromatic nitrogens is 1. The first-order valence-electron chi connectivity index (χ1n) is 9.45.